The number of rotatable bonds is 7. The first-order valence-electron chi connectivity index (χ1n) is 12.0. The molecule has 5 rings (SSSR count). The summed E-state index contributed by atoms with van der Waals surface area (Å²) in [5, 5.41) is 12.1. The molecular weight excluding hydrogens is 476 g/mol. The lowest BCUT2D eigenvalue weighted by Crippen LogP contribution is -2.30. The van der Waals surface area contributed by atoms with Gasteiger partial charge in [-0.15, -0.1) is 0 Å². The minimum absolute atomic E-state index is 0.0353. The van der Waals surface area contributed by atoms with Crippen LogP contribution in [-0.2, 0) is 18.4 Å². The Bertz CT molecular complexity index is 1510. The molecule has 192 valence electrons. The van der Waals surface area contributed by atoms with Crippen molar-refractivity contribution in [1.29, 1.82) is 0 Å². The van der Waals surface area contributed by atoms with Gasteiger partial charge in [0.25, 0.3) is 5.91 Å². The van der Waals surface area contributed by atoms with E-state index < -0.39 is 5.91 Å². The van der Waals surface area contributed by atoms with E-state index in [-0.39, 0.29) is 18.3 Å². The third-order valence-corrected chi connectivity index (χ3v) is 6.54. The number of ether oxygens (including phenoxy) is 2. The van der Waals surface area contributed by atoms with Crippen molar-refractivity contribution >= 4 is 28.7 Å². The largest absolute Gasteiger partial charge is 0.489 e. The van der Waals surface area contributed by atoms with E-state index in [1.807, 2.05) is 31.2 Å². The van der Waals surface area contributed by atoms with Gasteiger partial charge in [-0.2, -0.15) is 4.98 Å². The van der Waals surface area contributed by atoms with E-state index in [0.29, 0.717) is 41.6 Å². The lowest BCUT2D eigenvalue weighted by atomic mass is 10.1. The monoisotopic (exact) mass is 504 g/mol. The molecule has 11 heteroatoms. The first-order chi connectivity index (χ1) is 17.9. The minimum Gasteiger partial charge on any atom is -0.489 e. The van der Waals surface area contributed by atoms with Gasteiger partial charge < -0.3 is 14.8 Å². The number of carbonyl (C=O) groups is 1. The zero-order chi connectivity index (χ0) is 25.9. The van der Waals surface area contributed by atoms with E-state index >= 15 is 0 Å². The SMILES string of the molecule is Cc1ccc(OCc2cccc(C(=O)NO)c2)cc1Nc1ncc2c(n1)n(C1CCOCC1)c(=O)n2C. The summed E-state index contributed by atoms with van der Waals surface area (Å²) < 4.78 is 14.7. The maximum Gasteiger partial charge on any atom is 0.330 e. The summed E-state index contributed by atoms with van der Waals surface area (Å²) in [5.74, 6) is 0.410. The molecule has 0 spiro atoms. The van der Waals surface area contributed by atoms with E-state index in [4.69, 9.17) is 19.7 Å². The summed E-state index contributed by atoms with van der Waals surface area (Å²) in [4.78, 5) is 33.8. The number of fused-ring (bicyclic) bond motifs is 1. The van der Waals surface area contributed by atoms with Crippen LogP contribution in [0.4, 0.5) is 11.6 Å². The fraction of sp³-hybridized carbons (Fsp3) is 0.308. The average Bonchev–Trinajstić information content (AvgIpc) is 3.18. The number of aromatic nitrogens is 4. The van der Waals surface area contributed by atoms with Crippen LogP contribution in [-0.4, -0.2) is 43.4 Å². The normalized spacial score (nSPS) is 14.0. The van der Waals surface area contributed by atoms with E-state index in [9.17, 15) is 9.59 Å². The first kappa shape index (κ1) is 24.5. The van der Waals surface area contributed by atoms with Crippen LogP contribution in [0.5, 0.6) is 5.75 Å². The molecule has 0 unspecified atom stereocenters. The summed E-state index contributed by atoms with van der Waals surface area (Å²) in [7, 11) is 1.73. The van der Waals surface area contributed by atoms with Crippen LogP contribution >= 0.6 is 0 Å². The molecule has 4 aromatic rings. The Hall–Kier alpha value is -4.22. The number of nitrogens with one attached hydrogen (secondary N) is 2. The molecule has 1 aliphatic heterocycles. The minimum atomic E-state index is -0.582. The molecule has 0 saturated carbocycles. The molecule has 37 heavy (non-hydrogen) atoms. The summed E-state index contributed by atoms with van der Waals surface area (Å²) >= 11 is 0. The molecule has 1 fully saturated rings. The zero-order valence-corrected chi connectivity index (χ0v) is 20.6. The predicted molar refractivity (Wildman–Crippen MR) is 136 cm³/mol. The number of hydroxylamine groups is 1. The molecule has 1 amide bonds. The third-order valence-electron chi connectivity index (χ3n) is 6.54. The van der Waals surface area contributed by atoms with Crippen LogP contribution in [0.3, 0.4) is 0 Å². The van der Waals surface area contributed by atoms with Crippen molar-refractivity contribution in [3.05, 3.63) is 75.8 Å². The molecule has 1 saturated heterocycles. The molecule has 0 bridgehead atoms. The number of anilines is 2. The van der Waals surface area contributed by atoms with Gasteiger partial charge in [-0.1, -0.05) is 18.2 Å². The van der Waals surface area contributed by atoms with Gasteiger partial charge in [0.2, 0.25) is 5.95 Å². The topological polar surface area (TPSA) is 133 Å². The summed E-state index contributed by atoms with van der Waals surface area (Å²) in [6, 6.07) is 12.5. The molecule has 0 aliphatic carbocycles. The number of hydrogen-bond donors (Lipinski definition) is 3. The van der Waals surface area contributed by atoms with Crippen LogP contribution in [0.2, 0.25) is 0 Å². The number of aryl methyl sites for hydroxylation is 2. The van der Waals surface area contributed by atoms with Gasteiger partial charge in [0.1, 0.15) is 17.9 Å². The van der Waals surface area contributed by atoms with Gasteiger partial charge in [-0.05, 0) is 49.1 Å². The molecule has 11 nitrogen and oxygen atoms in total. The van der Waals surface area contributed by atoms with Gasteiger partial charge in [-0.3, -0.25) is 19.1 Å². The second-order valence-electron chi connectivity index (χ2n) is 8.99. The van der Waals surface area contributed by atoms with Gasteiger partial charge in [-0.25, -0.2) is 15.3 Å². The number of nitrogens with zero attached hydrogens (tertiary/aromatic N) is 4. The zero-order valence-electron chi connectivity index (χ0n) is 20.6. The molecule has 0 radical (unpaired) electrons. The van der Waals surface area contributed by atoms with Crippen molar-refractivity contribution in [3.63, 3.8) is 0 Å². The van der Waals surface area contributed by atoms with Gasteiger partial charge in [0.05, 0.1) is 6.20 Å². The van der Waals surface area contributed by atoms with E-state index in [0.717, 1.165) is 29.7 Å². The van der Waals surface area contributed by atoms with Crippen molar-refractivity contribution in [3.8, 4) is 5.75 Å². The molecule has 1 aliphatic rings. The van der Waals surface area contributed by atoms with Crippen LogP contribution in [0.25, 0.3) is 11.2 Å². The lowest BCUT2D eigenvalue weighted by Gasteiger charge is -2.22. The average molecular weight is 505 g/mol. The highest BCUT2D eigenvalue weighted by Gasteiger charge is 2.23. The summed E-state index contributed by atoms with van der Waals surface area (Å²) in [6.07, 6.45) is 3.18. The number of benzene rings is 2. The third kappa shape index (κ3) is 5.04. The van der Waals surface area contributed by atoms with E-state index in [2.05, 4.69) is 10.3 Å². The van der Waals surface area contributed by atoms with Crippen LogP contribution in [0.15, 0.2) is 53.5 Å². The highest BCUT2D eigenvalue weighted by Crippen LogP contribution is 2.27. The van der Waals surface area contributed by atoms with Gasteiger partial charge >= 0.3 is 5.69 Å². The highest BCUT2D eigenvalue weighted by atomic mass is 16.5. The van der Waals surface area contributed by atoms with E-state index in [1.54, 1.807) is 46.1 Å². The molecule has 3 N–H and O–H groups in total. The molecule has 3 heterocycles. The Labute approximate surface area is 212 Å². The Kier molecular flexibility index (Phi) is 6.89. The molecular formula is C26H28N6O5. The van der Waals surface area contributed by atoms with Crippen molar-refractivity contribution in [2.75, 3.05) is 18.5 Å². The fourth-order valence-corrected chi connectivity index (χ4v) is 4.45. The second kappa shape index (κ2) is 10.4. The molecule has 2 aromatic carbocycles. The number of hydrogen-bond acceptors (Lipinski definition) is 8. The predicted octanol–water partition coefficient (Wildman–Crippen LogP) is 3.23. The van der Waals surface area contributed by atoms with Gasteiger partial charge in [0, 0.05) is 43.6 Å². The Balaban J connectivity index is 1.37. The standard InChI is InChI=1S/C26H28N6O5/c1-16-6-7-20(37-15-17-4-3-5-18(12-17)24(33)30-35)13-21(16)28-25-27-14-22-23(29-25)32(26(34)31(22)2)19-8-10-36-11-9-19/h3-7,12-14,19,35H,8-11,15H2,1-2H3,(H,30,33)(H,27,28,29). The smallest absolute Gasteiger partial charge is 0.330 e. The second-order valence-corrected chi connectivity index (χ2v) is 8.99. The lowest BCUT2D eigenvalue weighted by molar-refractivity contribution is 0.0694. The quantitative estimate of drug-likeness (QED) is 0.258. The van der Waals surface area contributed by atoms with Crippen molar-refractivity contribution in [1.82, 2.24) is 24.6 Å². The molecule has 0 atom stereocenters. The van der Waals surface area contributed by atoms with Crippen LogP contribution in [0, 0.1) is 6.92 Å². The van der Waals surface area contributed by atoms with Crippen molar-refractivity contribution in [2.45, 2.75) is 32.4 Å². The maximum atomic E-state index is 13.0. The van der Waals surface area contributed by atoms with Crippen molar-refractivity contribution in [2.24, 2.45) is 7.05 Å². The van der Waals surface area contributed by atoms with Crippen LogP contribution in [0.1, 0.15) is 40.4 Å². The summed E-state index contributed by atoms with van der Waals surface area (Å²) in [6.45, 7) is 3.43. The Morgan fingerprint density at radius 3 is 2.81 bits per heavy atom. The Morgan fingerprint density at radius 2 is 2.03 bits per heavy atom. The summed E-state index contributed by atoms with van der Waals surface area (Å²) in [5.41, 5.74) is 5.63. The van der Waals surface area contributed by atoms with Crippen molar-refractivity contribution < 1.29 is 19.5 Å². The van der Waals surface area contributed by atoms with Crippen LogP contribution < -0.4 is 21.2 Å². The van der Waals surface area contributed by atoms with E-state index in [1.165, 1.54) is 0 Å². The number of imidazole rings is 1. The fourth-order valence-electron chi connectivity index (χ4n) is 4.45. The number of carbonyl (C=O) groups excluding carboxylic acids is 1. The molecule has 2 aromatic heterocycles. The Morgan fingerprint density at radius 1 is 1.22 bits per heavy atom. The van der Waals surface area contributed by atoms with Gasteiger partial charge in [0.15, 0.2) is 5.65 Å². The maximum absolute atomic E-state index is 13.0. The highest BCUT2D eigenvalue weighted by molar-refractivity contribution is 5.93. The first-order valence-corrected chi connectivity index (χ1v) is 12.0. The number of amides is 1.